The molecule has 0 saturated heterocycles. The zero-order valence-electron chi connectivity index (χ0n) is 13.4. The quantitative estimate of drug-likeness (QED) is 0.732. The fourth-order valence-electron chi connectivity index (χ4n) is 2.18. The third kappa shape index (κ3) is 3.67. The normalized spacial score (nSPS) is 12.0. The van der Waals surface area contributed by atoms with Crippen molar-refractivity contribution >= 4 is 21.4 Å². The van der Waals surface area contributed by atoms with Gasteiger partial charge in [-0.2, -0.15) is 18.3 Å². The molecule has 3 rings (SSSR count). The van der Waals surface area contributed by atoms with Crippen LogP contribution in [-0.4, -0.2) is 34.6 Å². The molecule has 2 aromatic heterocycles. The van der Waals surface area contributed by atoms with Gasteiger partial charge in [-0.05, 0) is 42.5 Å². The van der Waals surface area contributed by atoms with E-state index >= 15 is 0 Å². The first-order valence-corrected chi connectivity index (χ1v) is 8.86. The first-order chi connectivity index (χ1) is 12.7. The van der Waals surface area contributed by atoms with Crippen LogP contribution in [0.5, 0.6) is 0 Å². The number of nitrogens with zero attached hydrogens (tertiary/aromatic N) is 3. The molecule has 0 fully saturated rings. The number of halogens is 3. The number of hydrogen-bond acceptors (Lipinski definition) is 5. The average Bonchev–Trinajstić information content (AvgIpc) is 3.16. The van der Waals surface area contributed by atoms with Crippen molar-refractivity contribution in [2.45, 2.75) is 10.4 Å². The van der Waals surface area contributed by atoms with Crippen LogP contribution in [0.25, 0.3) is 5.82 Å². The number of aromatic nitrogens is 3. The second-order valence-corrected chi connectivity index (χ2v) is 7.19. The van der Waals surface area contributed by atoms with Crippen LogP contribution in [0, 0.1) is 0 Å². The number of benzene rings is 1. The average molecular weight is 396 g/mol. The van der Waals surface area contributed by atoms with Crippen LogP contribution in [0.15, 0.2) is 66.0 Å². The van der Waals surface area contributed by atoms with Gasteiger partial charge < -0.3 is 5.32 Å². The molecule has 2 heterocycles. The van der Waals surface area contributed by atoms with Crippen molar-refractivity contribution in [2.75, 3.05) is 5.32 Å². The maximum absolute atomic E-state index is 12.6. The number of anilines is 1. The topological polar surface area (TPSA) is 93.9 Å². The Morgan fingerprint density at radius 2 is 1.74 bits per heavy atom. The minimum Gasteiger partial charge on any atom is -0.319 e. The van der Waals surface area contributed by atoms with E-state index in [-0.39, 0.29) is 5.56 Å². The van der Waals surface area contributed by atoms with Gasteiger partial charge >= 0.3 is 5.51 Å². The summed E-state index contributed by atoms with van der Waals surface area (Å²) in [5.41, 5.74) is -5.12. The molecule has 11 heteroatoms. The highest BCUT2D eigenvalue weighted by atomic mass is 32.2. The van der Waals surface area contributed by atoms with E-state index < -0.39 is 26.1 Å². The van der Waals surface area contributed by atoms with Crippen molar-refractivity contribution in [1.29, 1.82) is 0 Å². The second-order valence-electron chi connectivity index (χ2n) is 5.25. The lowest BCUT2D eigenvalue weighted by Gasteiger charge is -2.11. The summed E-state index contributed by atoms with van der Waals surface area (Å²) >= 11 is 0. The van der Waals surface area contributed by atoms with Gasteiger partial charge in [0.1, 0.15) is 0 Å². The van der Waals surface area contributed by atoms with Gasteiger partial charge in [0.05, 0.1) is 10.6 Å². The van der Waals surface area contributed by atoms with Crippen molar-refractivity contribution in [2.24, 2.45) is 0 Å². The lowest BCUT2D eigenvalue weighted by molar-refractivity contribution is -0.0436. The zero-order valence-corrected chi connectivity index (χ0v) is 14.2. The van der Waals surface area contributed by atoms with Crippen molar-refractivity contribution in [3.8, 4) is 5.82 Å². The molecule has 0 spiro atoms. The first-order valence-electron chi connectivity index (χ1n) is 7.38. The number of carbonyl (C=O) groups excluding carboxylic acids is 1. The van der Waals surface area contributed by atoms with E-state index in [2.05, 4.69) is 15.4 Å². The van der Waals surface area contributed by atoms with Crippen LogP contribution >= 0.6 is 0 Å². The monoisotopic (exact) mass is 396 g/mol. The van der Waals surface area contributed by atoms with E-state index in [1.54, 1.807) is 24.4 Å². The second kappa shape index (κ2) is 6.83. The Kier molecular flexibility index (Phi) is 4.70. The number of alkyl halides is 3. The summed E-state index contributed by atoms with van der Waals surface area (Å²) in [6.45, 7) is 0. The molecule has 0 saturated carbocycles. The van der Waals surface area contributed by atoms with Gasteiger partial charge in [-0.3, -0.25) is 4.79 Å². The van der Waals surface area contributed by atoms with Gasteiger partial charge in [0.15, 0.2) is 5.82 Å². The van der Waals surface area contributed by atoms with Gasteiger partial charge in [-0.15, -0.1) is 0 Å². The highest BCUT2D eigenvalue weighted by Crippen LogP contribution is 2.30. The van der Waals surface area contributed by atoms with Crippen LogP contribution in [0.2, 0.25) is 0 Å². The molecular weight excluding hydrogens is 385 g/mol. The summed E-state index contributed by atoms with van der Waals surface area (Å²) in [5, 5.41) is 6.59. The van der Waals surface area contributed by atoms with Crippen molar-refractivity contribution < 1.29 is 26.4 Å². The van der Waals surface area contributed by atoms with Gasteiger partial charge in [-0.25, -0.2) is 18.1 Å². The Balaban J connectivity index is 1.85. The largest absolute Gasteiger partial charge is 0.501 e. The van der Waals surface area contributed by atoms with Crippen LogP contribution in [-0.2, 0) is 9.84 Å². The predicted molar refractivity (Wildman–Crippen MR) is 89.0 cm³/mol. The molecular formula is C16H11F3N4O3S. The zero-order chi connectivity index (χ0) is 19.7. The Bertz CT molecular complexity index is 1060. The summed E-state index contributed by atoms with van der Waals surface area (Å²) in [6, 6.07) is 8.28. The third-order valence-corrected chi connectivity index (χ3v) is 4.99. The smallest absolute Gasteiger partial charge is 0.319 e. The molecule has 0 aliphatic heterocycles. The van der Waals surface area contributed by atoms with E-state index in [4.69, 9.17) is 0 Å². The number of rotatable bonds is 4. The van der Waals surface area contributed by atoms with E-state index in [1.807, 2.05) is 0 Å². The standard InChI is InChI=1S/C16H11F3N4O3S/c17-16(18,19)27(25,26)12-6-4-11(5-7-12)15(24)22-13-3-1-8-20-14(13)23-10-2-9-21-23/h1-10H,(H,22,24). The lowest BCUT2D eigenvalue weighted by Crippen LogP contribution is -2.23. The number of sulfone groups is 1. The lowest BCUT2D eigenvalue weighted by atomic mass is 10.2. The number of hydrogen-bond donors (Lipinski definition) is 1. The molecule has 27 heavy (non-hydrogen) atoms. The molecule has 1 aromatic carbocycles. The summed E-state index contributed by atoms with van der Waals surface area (Å²) in [4.78, 5) is 15.5. The van der Waals surface area contributed by atoms with Crippen molar-refractivity contribution in [3.63, 3.8) is 0 Å². The molecule has 0 radical (unpaired) electrons. The summed E-state index contributed by atoms with van der Waals surface area (Å²) in [5.74, 6) is -0.306. The van der Waals surface area contributed by atoms with E-state index in [1.165, 1.54) is 17.1 Å². The van der Waals surface area contributed by atoms with Crippen LogP contribution in [0.4, 0.5) is 18.9 Å². The molecule has 3 aromatic rings. The molecule has 0 unspecified atom stereocenters. The number of pyridine rings is 1. The molecule has 0 bridgehead atoms. The Labute approximate surface area is 151 Å². The van der Waals surface area contributed by atoms with Gasteiger partial charge in [-0.1, -0.05) is 0 Å². The van der Waals surface area contributed by atoms with Gasteiger partial charge in [0, 0.05) is 24.2 Å². The molecule has 1 amide bonds. The Hall–Kier alpha value is -3.21. The van der Waals surface area contributed by atoms with Gasteiger partial charge in [0.2, 0.25) is 0 Å². The molecule has 140 valence electrons. The fourth-order valence-corrected chi connectivity index (χ4v) is 2.95. The maximum Gasteiger partial charge on any atom is 0.501 e. The molecule has 0 atom stereocenters. The maximum atomic E-state index is 12.6. The van der Waals surface area contributed by atoms with Gasteiger partial charge in [0.25, 0.3) is 15.7 Å². The van der Waals surface area contributed by atoms with E-state index in [9.17, 15) is 26.4 Å². The van der Waals surface area contributed by atoms with E-state index in [0.717, 1.165) is 24.3 Å². The molecule has 0 aliphatic carbocycles. The predicted octanol–water partition coefficient (Wildman–Crippen LogP) is 2.81. The molecule has 0 aliphatic rings. The van der Waals surface area contributed by atoms with Crippen molar-refractivity contribution in [3.05, 3.63) is 66.6 Å². The highest BCUT2D eigenvalue weighted by molar-refractivity contribution is 7.92. The minimum atomic E-state index is -5.47. The Morgan fingerprint density at radius 3 is 2.33 bits per heavy atom. The number of nitrogens with one attached hydrogen (secondary N) is 1. The van der Waals surface area contributed by atoms with Crippen LogP contribution < -0.4 is 5.32 Å². The molecule has 1 N–H and O–H groups in total. The molecule has 7 nitrogen and oxygen atoms in total. The van der Waals surface area contributed by atoms with Crippen LogP contribution in [0.1, 0.15) is 10.4 Å². The SMILES string of the molecule is O=C(Nc1cccnc1-n1cccn1)c1ccc(S(=O)(=O)C(F)(F)F)cc1. The number of amides is 1. The summed E-state index contributed by atoms with van der Waals surface area (Å²) in [7, 11) is -5.47. The minimum absolute atomic E-state index is 0.0219. The first kappa shape index (κ1) is 18.6. The summed E-state index contributed by atoms with van der Waals surface area (Å²) in [6.07, 6.45) is 4.65. The Morgan fingerprint density at radius 1 is 1.04 bits per heavy atom. The third-order valence-electron chi connectivity index (χ3n) is 3.49. The van der Waals surface area contributed by atoms with Crippen LogP contribution in [0.3, 0.4) is 0 Å². The summed E-state index contributed by atoms with van der Waals surface area (Å²) < 4.78 is 61.8. The highest BCUT2D eigenvalue weighted by Gasteiger charge is 2.46. The van der Waals surface area contributed by atoms with Crippen molar-refractivity contribution in [1.82, 2.24) is 14.8 Å². The number of carbonyl (C=O) groups is 1. The fraction of sp³-hybridized carbons (Fsp3) is 0.0625. The van der Waals surface area contributed by atoms with E-state index in [0.29, 0.717) is 11.5 Å².